The molecule has 0 bridgehead atoms. The standard InChI is InChI=1S/C10H14N4O3S/c1-6-12-13-9(14(6)7-3-4-7)18-5-8(15)11-10(16)17-2/h7H,3-5H2,1-2H3,(H,11,15,16). The molecule has 1 aliphatic rings. The first-order valence-corrected chi connectivity index (χ1v) is 6.52. The Morgan fingerprint density at radius 3 is 2.83 bits per heavy atom. The summed E-state index contributed by atoms with van der Waals surface area (Å²) in [5, 5.41) is 10.8. The number of nitrogens with one attached hydrogen (secondary N) is 1. The zero-order chi connectivity index (χ0) is 13.1. The van der Waals surface area contributed by atoms with Gasteiger partial charge in [-0.2, -0.15) is 0 Å². The summed E-state index contributed by atoms with van der Waals surface area (Å²) in [5.74, 6) is 0.558. The fourth-order valence-corrected chi connectivity index (χ4v) is 2.38. The normalized spacial score (nSPS) is 14.3. The summed E-state index contributed by atoms with van der Waals surface area (Å²) in [6.07, 6.45) is 1.50. The average molecular weight is 270 g/mol. The molecule has 1 heterocycles. The van der Waals surface area contributed by atoms with E-state index in [2.05, 4.69) is 20.3 Å². The smallest absolute Gasteiger partial charge is 0.413 e. The van der Waals surface area contributed by atoms with E-state index in [4.69, 9.17) is 0 Å². The first-order valence-electron chi connectivity index (χ1n) is 5.54. The monoisotopic (exact) mass is 270 g/mol. The van der Waals surface area contributed by atoms with E-state index < -0.39 is 12.0 Å². The minimum atomic E-state index is -0.750. The highest BCUT2D eigenvalue weighted by Gasteiger charge is 2.28. The lowest BCUT2D eigenvalue weighted by atomic mass is 10.6. The number of rotatable bonds is 4. The molecule has 1 aromatic heterocycles. The number of nitrogens with zero attached hydrogens (tertiary/aromatic N) is 3. The molecule has 1 saturated carbocycles. The average Bonchev–Trinajstić information content (AvgIpc) is 3.11. The number of thioether (sulfide) groups is 1. The van der Waals surface area contributed by atoms with Gasteiger partial charge in [0.05, 0.1) is 12.9 Å². The fraction of sp³-hybridized carbons (Fsp3) is 0.600. The van der Waals surface area contributed by atoms with E-state index in [0.29, 0.717) is 6.04 Å². The lowest BCUT2D eigenvalue weighted by Crippen LogP contribution is -2.31. The summed E-state index contributed by atoms with van der Waals surface area (Å²) in [7, 11) is 1.21. The third-order valence-corrected chi connectivity index (χ3v) is 3.45. The van der Waals surface area contributed by atoms with Crippen LogP contribution in [0.5, 0.6) is 0 Å². The van der Waals surface area contributed by atoms with Crippen molar-refractivity contribution >= 4 is 23.8 Å². The van der Waals surface area contributed by atoms with Gasteiger partial charge in [0.2, 0.25) is 5.91 Å². The van der Waals surface area contributed by atoms with Crippen LogP contribution < -0.4 is 5.32 Å². The molecule has 18 heavy (non-hydrogen) atoms. The Kier molecular flexibility index (Phi) is 3.85. The van der Waals surface area contributed by atoms with Gasteiger partial charge >= 0.3 is 6.09 Å². The van der Waals surface area contributed by atoms with Crippen LogP contribution in [0.1, 0.15) is 24.7 Å². The third kappa shape index (κ3) is 3.00. The van der Waals surface area contributed by atoms with E-state index in [1.54, 1.807) is 0 Å². The summed E-state index contributed by atoms with van der Waals surface area (Å²) >= 11 is 1.27. The zero-order valence-electron chi connectivity index (χ0n) is 10.2. The molecule has 2 rings (SSSR count). The lowest BCUT2D eigenvalue weighted by Gasteiger charge is -2.06. The first kappa shape index (κ1) is 12.9. The van der Waals surface area contributed by atoms with Crippen molar-refractivity contribution in [3.8, 4) is 0 Å². The highest BCUT2D eigenvalue weighted by atomic mass is 32.2. The van der Waals surface area contributed by atoms with Crippen LogP contribution in [0.25, 0.3) is 0 Å². The molecule has 0 saturated heterocycles. The van der Waals surface area contributed by atoms with E-state index >= 15 is 0 Å². The van der Waals surface area contributed by atoms with Crippen LogP contribution in [0, 0.1) is 6.92 Å². The summed E-state index contributed by atoms with van der Waals surface area (Å²) in [5.41, 5.74) is 0. The van der Waals surface area contributed by atoms with Crippen molar-refractivity contribution in [3.05, 3.63) is 5.82 Å². The van der Waals surface area contributed by atoms with E-state index in [1.165, 1.54) is 18.9 Å². The molecule has 1 N–H and O–H groups in total. The molecule has 7 nitrogen and oxygen atoms in total. The van der Waals surface area contributed by atoms with Crippen LogP contribution in [0.4, 0.5) is 4.79 Å². The highest BCUT2D eigenvalue weighted by Crippen LogP contribution is 2.38. The van der Waals surface area contributed by atoms with Gasteiger partial charge in [-0.15, -0.1) is 10.2 Å². The third-order valence-electron chi connectivity index (χ3n) is 2.51. The van der Waals surface area contributed by atoms with Gasteiger partial charge in [-0.1, -0.05) is 11.8 Å². The minimum Gasteiger partial charge on any atom is -0.453 e. The van der Waals surface area contributed by atoms with Crippen molar-refractivity contribution in [2.45, 2.75) is 31.0 Å². The van der Waals surface area contributed by atoms with Gasteiger partial charge in [0.15, 0.2) is 5.16 Å². The van der Waals surface area contributed by atoms with Gasteiger partial charge in [0.25, 0.3) is 0 Å². The SMILES string of the molecule is COC(=O)NC(=O)CSc1nnc(C)n1C1CC1. The molecular weight excluding hydrogens is 256 g/mol. The Bertz CT molecular complexity index is 470. The van der Waals surface area contributed by atoms with Gasteiger partial charge in [-0.05, 0) is 19.8 Å². The molecule has 2 amide bonds. The maximum atomic E-state index is 11.4. The van der Waals surface area contributed by atoms with Crippen LogP contribution >= 0.6 is 11.8 Å². The number of carbonyl (C=O) groups is 2. The highest BCUT2D eigenvalue weighted by molar-refractivity contribution is 7.99. The number of hydrogen-bond donors (Lipinski definition) is 1. The summed E-state index contributed by atoms with van der Waals surface area (Å²) < 4.78 is 6.37. The van der Waals surface area contributed by atoms with Crippen LogP contribution in [-0.4, -0.2) is 39.6 Å². The van der Waals surface area contributed by atoms with Crippen molar-refractivity contribution in [2.75, 3.05) is 12.9 Å². The van der Waals surface area contributed by atoms with Gasteiger partial charge in [-0.25, -0.2) is 4.79 Å². The number of carbonyl (C=O) groups excluding carboxylic acids is 2. The molecule has 1 fully saturated rings. The van der Waals surface area contributed by atoms with Crippen LogP contribution in [0.2, 0.25) is 0 Å². The maximum Gasteiger partial charge on any atom is 0.413 e. The summed E-state index contributed by atoms with van der Waals surface area (Å²) in [6.45, 7) is 1.89. The molecule has 8 heteroatoms. The van der Waals surface area contributed by atoms with Crippen molar-refractivity contribution in [1.29, 1.82) is 0 Å². The van der Waals surface area contributed by atoms with Crippen molar-refractivity contribution in [2.24, 2.45) is 0 Å². The molecule has 0 radical (unpaired) electrons. The molecule has 0 aromatic carbocycles. The van der Waals surface area contributed by atoms with Gasteiger partial charge in [0.1, 0.15) is 5.82 Å². The molecule has 0 atom stereocenters. The Morgan fingerprint density at radius 1 is 1.50 bits per heavy atom. The second-order valence-corrected chi connectivity index (χ2v) is 4.90. The molecule has 0 aliphatic heterocycles. The molecule has 0 spiro atoms. The number of imide groups is 1. The number of ether oxygens (including phenoxy) is 1. The van der Waals surface area contributed by atoms with Gasteiger partial charge < -0.3 is 9.30 Å². The molecule has 0 unspecified atom stereocenters. The largest absolute Gasteiger partial charge is 0.453 e. The minimum absolute atomic E-state index is 0.111. The first-order chi connectivity index (χ1) is 8.61. The number of amides is 2. The molecule has 1 aliphatic carbocycles. The Balaban J connectivity index is 1.90. The van der Waals surface area contributed by atoms with Crippen LogP contribution in [-0.2, 0) is 9.53 Å². The Morgan fingerprint density at radius 2 is 2.22 bits per heavy atom. The Labute approximate surface area is 108 Å². The quantitative estimate of drug-likeness (QED) is 0.818. The zero-order valence-corrected chi connectivity index (χ0v) is 11.0. The van der Waals surface area contributed by atoms with Crippen LogP contribution in [0.15, 0.2) is 5.16 Å². The molecule has 1 aromatic rings. The summed E-state index contributed by atoms with van der Waals surface area (Å²) in [6, 6.07) is 0.464. The van der Waals surface area contributed by atoms with E-state index in [0.717, 1.165) is 23.8 Å². The van der Waals surface area contributed by atoms with Crippen molar-refractivity contribution in [1.82, 2.24) is 20.1 Å². The van der Waals surface area contributed by atoms with Crippen molar-refractivity contribution < 1.29 is 14.3 Å². The van der Waals surface area contributed by atoms with Gasteiger partial charge in [-0.3, -0.25) is 10.1 Å². The second-order valence-electron chi connectivity index (χ2n) is 3.96. The van der Waals surface area contributed by atoms with E-state index in [9.17, 15) is 9.59 Å². The van der Waals surface area contributed by atoms with Crippen LogP contribution in [0.3, 0.4) is 0 Å². The number of aryl methyl sites for hydroxylation is 1. The number of alkyl carbamates (subject to hydrolysis) is 1. The lowest BCUT2D eigenvalue weighted by molar-refractivity contribution is -0.117. The molecular formula is C10H14N4O3S. The maximum absolute atomic E-state index is 11.4. The van der Waals surface area contributed by atoms with E-state index in [-0.39, 0.29) is 5.75 Å². The topological polar surface area (TPSA) is 86.1 Å². The summed E-state index contributed by atoms with van der Waals surface area (Å²) in [4.78, 5) is 22.2. The van der Waals surface area contributed by atoms with Crippen molar-refractivity contribution in [3.63, 3.8) is 0 Å². The predicted molar refractivity (Wildman–Crippen MR) is 64.3 cm³/mol. The predicted octanol–water partition coefficient (Wildman–Crippen LogP) is 0.896. The van der Waals surface area contributed by atoms with Gasteiger partial charge in [0, 0.05) is 6.04 Å². The number of aromatic nitrogens is 3. The Hall–Kier alpha value is -1.57. The molecule has 98 valence electrons. The number of hydrogen-bond acceptors (Lipinski definition) is 6. The fourth-order valence-electron chi connectivity index (χ4n) is 1.53. The van der Waals surface area contributed by atoms with E-state index in [1.807, 2.05) is 11.5 Å². The second kappa shape index (κ2) is 5.38. The number of methoxy groups -OCH3 is 1.